The fraction of sp³-hybridized carbons (Fsp3) is 0.500. The average molecular weight is 255 g/mol. The van der Waals surface area contributed by atoms with Crippen molar-refractivity contribution in [1.82, 2.24) is 0 Å². The third-order valence-electron chi connectivity index (χ3n) is 3.19. The Balaban J connectivity index is 2.00. The van der Waals surface area contributed by atoms with Crippen LogP contribution < -0.4 is 0 Å². The highest BCUT2D eigenvalue weighted by Crippen LogP contribution is 2.48. The molecule has 0 spiro atoms. The van der Waals surface area contributed by atoms with Gasteiger partial charge in [0.1, 0.15) is 0 Å². The smallest absolute Gasteiger partial charge is 0.0634 e. The van der Waals surface area contributed by atoms with Crippen molar-refractivity contribution in [1.29, 1.82) is 0 Å². The highest BCUT2D eigenvalue weighted by atomic mass is 79.9. The molecule has 1 aliphatic rings. The van der Waals surface area contributed by atoms with Crippen LogP contribution >= 0.6 is 15.9 Å². The van der Waals surface area contributed by atoms with E-state index in [1.54, 1.807) is 0 Å². The zero-order valence-corrected chi connectivity index (χ0v) is 9.92. The first-order valence-corrected chi connectivity index (χ1v) is 5.82. The van der Waals surface area contributed by atoms with Gasteiger partial charge in [0.05, 0.1) is 6.10 Å². The van der Waals surface area contributed by atoms with Gasteiger partial charge in [-0.05, 0) is 42.4 Å². The summed E-state index contributed by atoms with van der Waals surface area (Å²) >= 11 is 3.40. The maximum absolute atomic E-state index is 9.96. The fourth-order valence-electron chi connectivity index (χ4n) is 1.62. The average Bonchev–Trinajstić information content (AvgIpc) is 2.89. The standard InChI is InChI=1S/C12H15BrO/c1-12(6-7-12)11(14)8-9-2-4-10(13)5-3-9/h2-5,11,14H,6-8H2,1H3. The molecule has 1 unspecified atom stereocenters. The molecule has 0 bridgehead atoms. The number of halogens is 1. The van der Waals surface area contributed by atoms with E-state index >= 15 is 0 Å². The van der Waals surface area contributed by atoms with E-state index in [0.717, 1.165) is 10.9 Å². The predicted molar refractivity (Wildman–Crippen MR) is 61.2 cm³/mol. The predicted octanol–water partition coefficient (Wildman–Crippen LogP) is 3.15. The second-order valence-electron chi connectivity index (χ2n) is 4.50. The largest absolute Gasteiger partial charge is 0.392 e. The van der Waals surface area contributed by atoms with Gasteiger partial charge in [-0.1, -0.05) is 35.0 Å². The van der Waals surface area contributed by atoms with Gasteiger partial charge in [-0.15, -0.1) is 0 Å². The molecule has 1 aliphatic carbocycles. The van der Waals surface area contributed by atoms with Crippen LogP contribution in [0.5, 0.6) is 0 Å². The summed E-state index contributed by atoms with van der Waals surface area (Å²) < 4.78 is 1.09. The molecule has 76 valence electrons. The lowest BCUT2D eigenvalue weighted by molar-refractivity contribution is 0.103. The molecule has 0 aromatic heterocycles. The highest BCUT2D eigenvalue weighted by Gasteiger charge is 2.43. The molecule has 0 amide bonds. The lowest BCUT2D eigenvalue weighted by Gasteiger charge is -2.17. The van der Waals surface area contributed by atoms with Crippen molar-refractivity contribution in [3.8, 4) is 0 Å². The van der Waals surface area contributed by atoms with Crippen molar-refractivity contribution < 1.29 is 5.11 Å². The molecule has 1 atom stereocenters. The first-order valence-electron chi connectivity index (χ1n) is 5.03. The zero-order chi connectivity index (χ0) is 10.2. The van der Waals surface area contributed by atoms with Gasteiger partial charge in [-0.3, -0.25) is 0 Å². The molecule has 0 heterocycles. The van der Waals surface area contributed by atoms with Crippen LogP contribution in [-0.4, -0.2) is 11.2 Å². The van der Waals surface area contributed by atoms with Gasteiger partial charge in [0.25, 0.3) is 0 Å². The Kier molecular flexibility index (Phi) is 2.67. The summed E-state index contributed by atoms with van der Waals surface area (Å²) in [6, 6.07) is 8.19. The van der Waals surface area contributed by atoms with Crippen LogP contribution in [0.2, 0.25) is 0 Å². The minimum Gasteiger partial charge on any atom is -0.392 e. The number of rotatable bonds is 3. The van der Waals surface area contributed by atoms with Gasteiger partial charge in [-0.2, -0.15) is 0 Å². The first-order chi connectivity index (χ1) is 6.60. The number of benzene rings is 1. The Bertz CT molecular complexity index is 314. The van der Waals surface area contributed by atoms with Gasteiger partial charge < -0.3 is 5.11 Å². The van der Waals surface area contributed by atoms with E-state index in [1.165, 1.54) is 18.4 Å². The van der Waals surface area contributed by atoms with E-state index in [4.69, 9.17) is 0 Å². The third-order valence-corrected chi connectivity index (χ3v) is 3.71. The Morgan fingerprint density at radius 1 is 1.36 bits per heavy atom. The van der Waals surface area contributed by atoms with E-state index < -0.39 is 0 Å². The van der Waals surface area contributed by atoms with E-state index in [2.05, 4.69) is 35.0 Å². The van der Waals surface area contributed by atoms with Gasteiger partial charge in [0.2, 0.25) is 0 Å². The van der Waals surface area contributed by atoms with Crippen molar-refractivity contribution in [2.24, 2.45) is 5.41 Å². The van der Waals surface area contributed by atoms with Crippen molar-refractivity contribution in [3.05, 3.63) is 34.3 Å². The molecule has 0 radical (unpaired) electrons. The van der Waals surface area contributed by atoms with Crippen LogP contribution in [0, 0.1) is 5.41 Å². The molecule has 1 N–H and O–H groups in total. The third kappa shape index (κ3) is 2.18. The number of aliphatic hydroxyl groups is 1. The summed E-state index contributed by atoms with van der Waals surface area (Å²) in [6.45, 7) is 2.16. The first kappa shape index (κ1) is 10.2. The molecule has 1 fully saturated rings. The normalized spacial score (nSPS) is 20.5. The summed E-state index contributed by atoms with van der Waals surface area (Å²) in [5.74, 6) is 0. The summed E-state index contributed by atoms with van der Waals surface area (Å²) in [4.78, 5) is 0. The summed E-state index contributed by atoms with van der Waals surface area (Å²) in [5.41, 5.74) is 1.42. The zero-order valence-electron chi connectivity index (χ0n) is 8.33. The monoisotopic (exact) mass is 254 g/mol. The molecular formula is C12H15BrO. The van der Waals surface area contributed by atoms with Crippen LogP contribution in [0.15, 0.2) is 28.7 Å². The lowest BCUT2D eigenvalue weighted by Crippen LogP contribution is -2.21. The molecular weight excluding hydrogens is 240 g/mol. The Labute approximate surface area is 93.3 Å². The maximum Gasteiger partial charge on any atom is 0.0634 e. The van der Waals surface area contributed by atoms with E-state index in [9.17, 15) is 5.11 Å². The molecule has 1 saturated carbocycles. The van der Waals surface area contributed by atoms with Crippen LogP contribution in [0.3, 0.4) is 0 Å². The van der Waals surface area contributed by atoms with Gasteiger partial charge >= 0.3 is 0 Å². The summed E-state index contributed by atoms with van der Waals surface area (Å²) in [6.07, 6.45) is 2.95. The van der Waals surface area contributed by atoms with E-state index in [-0.39, 0.29) is 11.5 Å². The van der Waals surface area contributed by atoms with Gasteiger partial charge in [0.15, 0.2) is 0 Å². The van der Waals surface area contributed by atoms with Crippen LogP contribution in [0.1, 0.15) is 25.3 Å². The second kappa shape index (κ2) is 3.67. The second-order valence-corrected chi connectivity index (χ2v) is 5.42. The van der Waals surface area contributed by atoms with Crippen molar-refractivity contribution in [2.45, 2.75) is 32.3 Å². The van der Waals surface area contributed by atoms with Crippen molar-refractivity contribution >= 4 is 15.9 Å². The number of hydrogen-bond acceptors (Lipinski definition) is 1. The SMILES string of the molecule is CC1(C(O)Cc2ccc(Br)cc2)CC1. The molecule has 1 nitrogen and oxygen atoms in total. The maximum atomic E-state index is 9.96. The topological polar surface area (TPSA) is 20.2 Å². The van der Waals surface area contributed by atoms with Crippen molar-refractivity contribution in [2.75, 3.05) is 0 Å². The summed E-state index contributed by atoms with van der Waals surface area (Å²) in [7, 11) is 0. The summed E-state index contributed by atoms with van der Waals surface area (Å²) in [5, 5.41) is 9.96. The van der Waals surface area contributed by atoms with Crippen LogP contribution in [-0.2, 0) is 6.42 Å². The van der Waals surface area contributed by atoms with Gasteiger partial charge in [0, 0.05) is 4.47 Å². The Hall–Kier alpha value is -0.340. The van der Waals surface area contributed by atoms with Crippen LogP contribution in [0.4, 0.5) is 0 Å². The molecule has 0 saturated heterocycles. The van der Waals surface area contributed by atoms with E-state index in [1.807, 2.05) is 12.1 Å². The number of aliphatic hydroxyl groups excluding tert-OH is 1. The molecule has 1 aromatic rings. The minimum absolute atomic E-state index is 0.177. The van der Waals surface area contributed by atoms with Gasteiger partial charge in [-0.25, -0.2) is 0 Å². The molecule has 14 heavy (non-hydrogen) atoms. The quantitative estimate of drug-likeness (QED) is 0.879. The lowest BCUT2D eigenvalue weighted by atomic mass is 9.95. The Morgan fingerprint density at radius 2 is 1.93 bits per heavy atom. The van der Waals surface area contributed by atoms with Crippen molar-refractivity contribution in [3.63, 3.8) is 0 Å². The van der Waals surface area contributed by atoms with Crippen LogP contribution in [0.25, 0.3) is 0 Å². The highest BCUT2D eigenvalue weighted by molar-refractivity contribution is 9.10. The molecule has 1 aromatic carbocycles. The molecule has 2 heteroatoms. The molecule has 0 aliphatic heterocycles. The number of hydrogen-bond donors (Lipinski definition) is 1. The minimum atomic E-state index is -0.177. The van der Waals surface area contributed by atoms with E-state index in [0.29, 0.717) is 0 Å². The molecule has 2 rings (SSSR count). The fourth-order valence-corrected chi connectivity index (χ4v) is 1.88. The Morgan fingerprint density at radius 3 is 2.43 bits per heavy atom.